The Bertz CT molecular complexity index is 561. The summed E-state index contributed by atoms with van der Waals surface area (Å²) in [6, 6.07) is 15.2. The third-order valence-electron chi connectivity index (χ3n) is 4.20. The summed E-state index contributed by atoms with van der Waals surface area (Å²) in [4.78, 5) is 0.414. The monoisotopic (exact) mass is 318 g/mol. The van der Waals surface area contributed by atoms with Crippen LogP contribution >= 0.6 is 15.9 Å². The molecule has 0 aromatic heterocycles. The van der Waals surface area contributed by atoms with Crippen LogP contribution in [0.5, 0.6) is 0 Å². The van der Waals surface area contributed by atoms with Crippen LogP contribution in [0.2, 0.25) is 0 Å². The molecule has 0 radical (unpaired) electrons. The molecule has 19 heavy (non-hydrogen) atoms. The third kappa shape index (κ3) is 2.56. The van der Waals surface area contributed by atoms with Crippen LogP contribution in [0.25, 0.3) is 10.8 Å². The molecule has 2 aromatic carbocycles. The Labute approximate surface area is 123 Å². The van der Waals surface area contributed by atoms with Gasteiger partial charge in [-0.2, -0.15) is 0 Å². The van der Waals surface area contributed by atoms with Gasteiger partial charge in [-0.1, -0.05) is 65.3 Å². The van der Waals surface area contributed by atoms with E-state index < -0.39 is 0 Å². The average Bonchev–Trinajstić information content (AvgIpc) is 2.46. The maximum atomic E-state index is 5.56. The second-order valence-corrected chi connectivity index (χ2v) is 6.46. The predicted octanol–water partition coefficient (Wildman–Crippen LogP) is 4.95. The predicted molar refractivity (Wildman–Crippen MR) is 83.7 cm³/mol. The molecule has 0 N–H and O–H groups in total. The van der Waals surface area contributed by atoms with Crippen molar-refractivity contribution in [2.24, 2.45) is 11.8 Å². The zero-order chi connectivity index (χ0) is 13.2. The van der Waals surface area contributed by atoms with Gasteiger partial charge in [-0.05, 0) is 34.6 Å². The molecule has 0 spiro atoms. The Morgan fingerprint density at radius 1 is 1.16 bits per heavy atom. The van der Waals surface area contributed by atoms with E-state index in [1.165, 1.54) is 16.3 Å². The molecule has 1 fully saturated rings. The number of halogens is 1. The Hall–Kier alpha value is -0.860. The number of alkyl halides is 1. The summed E-state index contributed by atoms with van der Waals surface area (Å²) in [5.74, 6) is 1.26. The number of fused-ring (bicyclic) bond motifs is 1. The van der Waals surface area contributed by atoms with E-state index in [9.17, 15) is 0 Å². The summed E-state index contributed by atoms with van der Waals surface area (Å²) in [6.07, 6.45) is 1.14. The van der Waals surface area contributed by atoms with Crippen molar-refractivity contribution < 1.29 is 4.74 Å². The van der Waals surface area contributed by atoms with Crippen molar-refractivity contribution in [1.29, 1.82) is 0 Å². The SMILES string of the molecule is CC1COCCC1C(Br)c1cccc2ccccc12. The van der Waals surface area contributed by atoms with Crippen LogP contribution in [0, 0.1) is 11.8 Å². The fourth-order valence-corrected chi connectivity index (χ4v) is 4.24. The molecule has 0 bridgehead atoms. The van der Waals surface area contributed by atoms with Crippen LogP contribution in [0.3, 0.4) is 0 Å². The zero-order valence-corrected chi connectivity index (χ0v) is 12.8. The Morgan fingerprint density at radius 3 is 2.79 bits per heavy atom. The molecule has 1 saturated heterocycles. The first kappa shape index (κ1) is 13.1. The van der Waals surface area contributed by atoms with Gasteiger partial charge in [0.2, 0.25) is 0 Å². The highest BCUT2D eigenvalue weighted by Gasteiger charge is 2.29. The normalized spacial score (nSPS) is 25.4. The highest BCUT2D eigenvalue weighted by molar-refractivity contribution is 9.09. The summed E-state index contributed by atoms with van der Waals surface area (Å²) in [5, 5.41) is 2.69. The second-order valence-electron chi connectivity index (χ2n) is 5.47. The Morgan fingerprint density at radius 2 is 1.95 bits per heavy atom. The van der Waals surface area contributed by atoms with Gasteiger partial charge in [-0.3, -0.25) is 0 Å². The molecule has 1 heterocycles. The first-order valence-electron chi connectivity index (χ1n) is 6.97. The second kappa shape index (κ2) is 5.64. The van der Waals surface area contributed by atoms with Gasteiger partial charge in [0, 0.05) is 18.0 Å². The molecule has 3 unspecified atom stereocenters. The largest absolute Gasteiger partial charge is 0.381 e. The molecule has 3 rings (SSSR count). The van der Waals surface area contributed by atoms with Gasteiger partial charge in [0.05, 0.1) is 0 Å². The smallest absolute Gasteiger partial charge is 0.0494 e. The number of hydrogen-bond acceptors (Lipinski definition) is 1. The third-order valence-corrected chi connectivity index (χ3v) is 5.38. The Kier molecular flexibility index (Phi) is 3.90. The first-order valence-corrected chi connectivity index (χ1v) is 7.88. The fraction of sp³-hybridized carbons (Fsp3) is 0.412. The molecular weight excluding hydrogens is 300 g/mol. The van der Waals surface area contributed by atoms with Gasteiger partial charge in [0.1, 0.15) is 0 Å². The molecule has 100 valence electrons. The molecule has 2 aromatic rings. The van der Waals surface area contributed by atoms with Crippen LogP contribution in [0.15, 0.2) is 42.5 Å². The van der Waals surface area contributed by atoms with Crippen LogP contribution in [-0.4, -0.2) is 13.2 Å². The minimum absolute atomic E-state index is 0.414. The van der Waals surface area contributed by atoms with Crippen LogP contribution in [0.1, 0.15) is 23.7 Å². The quantitative estimate of drug-likeness (QED) is 0.712. The lowest BCUT2D eigenvalue weighted by Crippen LogP contribution is -2.28. The number of ether oxygens (including phenoxy) is 1. The Balaban J connectivity index is 1.99. The van der Waals surface area contributed by atoms with E-state index in [-0.39, 0.29) is 0 Å². The highest BCUT2D eigenvalue weighted by atomic mass is 79.9. The van der Waals surface area contributed by atoms with Crippen LogP contribution in [0.4, 0.5) is 0 Å². The number of rotatable bonds is 2. The van der Waals surface area contributed by atoms with Crippen molar-refractivity contribution in [1.82, 2.24) is 0 Å². The van der Waals surface area contributed by atoms with E-state index in [2.05, 4.69) is 65.3 Å². The van der Waals surface area contributed by atoms with Crippen LogP contribution in [-0.2, 0) is 4.74 Å². The van der Waals surface area contributed by atoms with Gasteiger partial charge >= 0.3 is 0 Å². The fourth-order valence-electron chi connectivity index (χ4n) is 3.05. The van der Waals surface area contributed by atoms with E-state index in [0.717, 1.165) is 19.6 Å². The minimum atomic E-state index is 0.414. The van der Waals surface area contributed by atoms with Crippen molar-refractivity contribution in [2.45, 2.75) is 18.2 Å². The summed E-state index contributed by atoms with van der Waals surface area (Å²) >= 11 is 3.95. The van der Waals surface area contributed by atoms with Gasteiger partial charge in [-0.15, -0.1) is 0 Å². The summed E-state index contributed by atoms with van der Waals surface area (Å²) < 4.78 is 5.56. The van der Waals surface area contributed by atoms with E-state index >= 15 is 0 Å². The molecule has 0 saturated carbocycles. The summed E-state index contributed by atoms with van der Waals surface area (Å²) in [7, 11) is 0. The van der Waals surface area contributed by atoms with Crippen LogP contribution < -0.4 is 0 Å². The maximum absolute atomic E-state index is 5.56. The van der Waals surface area contributed by atoms with Gasteiger partial charge in [0.25, 0.3) is 0 Å². The summed E-state index contributed by atoms with van der Waals surface area (Å²) in [6.45, 7) is 4.07. The van der Waals surface area contributed by atoms with Gasteiger partial charge in [-0.25, -0.2) is 0 Å². The van der Waals surface area contributed by atoms with E-state index in [4.69, 9.17) is 4.74 Å². The first-order chi connectivity index (χ1) is 9.27. The van der Waals surface area contributed by atoms with Gasteiger partial charge < -0.3 is 4.74 Å². The topological polar surface area (TPSA) is 9.23 Å². The van der Waals surface area contributed by atoms with E-state index in [1.54, 1.807) is 0 Å². The molecule has 0 aliphatic carbocycles. The van der Waals surface area contributed by atoms with Crippen molar-refractivity contribution in [3.8, 4) is 0 Å². The van der Waals surface area contributed by atoms with E-state index in [1.807, 2.05) is 0 Å². The minimum Gasteiger partial charge on any atom is -0.381 e. The van der Waals surface area contributed by atoms with Crippen molar-refractivity contribution in [3.63, 3.8) is 0 Å². The molecule has 1 aliphatic rings. The standard InChI is InChI=1S/C17H19BrO/c1-12-11-19-10-9-14(12)17(18)16-8-4-6-13-5-2-3-7-15(13)16/h2-8,12,14,17H,9-11H2,1H3. The average molecular weight is 319 g/mol. The highest BCUT2D eigenvalue weighted by Crippen LogP contribution is 2.42. The number of hydrogen-bond donors (Lipinski definition) is 0. The lowest BCUT2D eigenvalue weighted by molar-refractivity contribution is 0.0242. The van der Waals surface area contributed by atoms with Crippen molar-refractivity contribution in [2.75, 3.05) is 13.2 Å². The molecule has 3 atom stereocenters. The lowest BCUT2D eigenvalue weighted by atomic mass is 9.83. The molecule has 1 nitrogen and oxygen atoms in total. The maximum Gasteiger partial charge on any atom is 0.0494 e. The van der Waals surface area contributed by atoms with E-state index in [0.29, 0.717) is 16.7 Å². The molecular formula is C17H19BrO. The molecule has 2 heteroatoms. The van der Waals surface area contributed by atoms with Crippen molar-refractivity contribution >= 4 is 26.7 Å². The zero-order valence-electron chi connectivity index (χ0n) is 11.2. The van der Waals surface area contributed by atoms with Crippen molar-refractivity contribution in [3.05, 3.63) is 48.0 Å². The van der Waals surface area contributed by atoms with Gasteiger partial charge in [0.15, 0.2) is 0 Å². The summed E-state index contributed by atoms with van der Waals surface area (Å²) in [5.41, 5.74) is 1.41. The lowest BCUT2D eigenvalue weighted by Gasteiger charge is -2.33. The molecule has 1 aliphatic heterocycles. The molecule has 0 amide bonds. The number of benzene rings is 2.